The first-order chi connectivity index (χ1) is 10.2. The smallest absolute Gasteiger partial charge is 0.272 e. The molecule has 1 heterocycles. The lowest BCUT2D eigenvalue weighted by Gasteiger charge is -2.20. The van der Waals surface area contributed by atoms with Crippen molar-refractivity contribution in [3.8, 4) is 0 Å². The minimum atomic E-state index is -0.121. The van der Waals surface area contributed by atoms with E-state index in [9.17, 15) is 4.79 Å². The highest BCUT2D eigenvalue weighted by Gasteiger charge is 2.25. The lowest BCUT2D eigenvalue weighted by Crippen LogP contribution is -2.40. The maximum atomic E-state index is 12.6. The fourth-order valence-corrected chi connectivity index (χ4v) is 3.39. The van der Waals surface area contributed by atoms with Crippen molar-refractivity contribution in [2.45, 2.75) is 43.5 Å². The summed E-state index contributed by atoms with van der Waals surface area (Å²) in [5.41, 5.74) is 1.45. The molecule has 1 aliphatic rings. The van der Waals surface area contributed by atoms with Crippen molar-refractivity contribution in [2.75, 3.05) is 0 Å². The van der Waals surface area contributed by atoms with Crippen LogP contribution in [0.3, 0.4) is 0 Å². The van der Waals surface area contributed by atoms with Crippen molar-refractivity contribution < 1.29 is 4.79 Å². The van der Waals surface area contributed by atoms with E-state index in [0.29, 0.717) is 5.69 Å². The molecule has 2 aromatic rings. The number of hydrogen-bond donors (Lipinski definition) is 1. The van der Waals surface area contributed by atoms with Gasteiger partial charge in [-0.1, -0.05) is 37.5 Å². The number of rotatable bonds is 2. The molecule has 1 N–H and O–H groups in total. The summed E-state index contributed by atoms with van der Waals surface area (Å²) < 4.78 is 1.75. The average molecular weight is 306 g/mol. The second-order valence-corrected chi connectivity index (χ2v) is 6.28. The Hall–Kier alpha value is -1.55. The molecule has 0 bridgehead atoms. The zero-order chi connectivity index (χ0) is 14.8. The quantitative estimate of drug-likeness (QED) is 0.684. The van der Waals surface area contributed by atoms with Gasteiger partial charge in [0.05, 0.1) is 10.9 Å². The molecule has 1 fully saturated rings. The third kappa shape index (κ3) is 2.91. The van der Waals surface area contributed by atoms with E-state index in [-0.39, 0.29) is 17.3 Å². The van der Waals surface area contributed by atoms with Crippen LogP contribution >= 0.6 is 11.6 Å². The maximum Gasteiger partial charge on any atom is 0.272 e. The van der Waals surface area contributed by atoms with Crippen LogP contribution in [0.4, 0.5) is 0 Å². The monoisotopic (exact) mass is 305 g/mol. The number of hydrogen-bond acceptors (Lipinski definition) is 2. The number of nitrogens with one attached hydrogen (secondary N) is 1. The third-order valence-electron chi connectivity index (χ3n) is 4.22. The van der Waals surface area contributed by atoms with E-state index >= 15 is 0 Å². The Morgan fingerprint density at radius 2 is 2.05 bits per heavy atom. The second-order valence-electron chi connectivity index (χ2n) is 5.72. The van der Waals surface area contributed by atoms with Gasteiger partial charge in [-0.05, 0) is 18.9 Å². The van der Waals surface area contributed by atoms with Crippen LogP contribution in [0.25, 0.3) is 10.9 Å². The molecule has 1 aliphatic carbocycles. The number of carbonyl (C=O) groups excluding carboxylic acids is 1. The molecule has 0 radical (unpaired) electrons. The highest BCUT2D eigenvalue weighted by atomic mass is 35.5. The number of fused-ring (bicyclic) bond motifs is 1. The zero-order valence-electron chi connectivity index (χ0n) is 12.2. The first kappa shape index (κ1) is 14.4. The Morgan fingerprint density at radius 1 is 1.29 bits per heavy atom. The summed E-state index contributed by atoms with van der Waals surface area (Å²) >= 11 is 6.40. The van der Waals surface area contributed by atoms with Gasteiger partial charge in [0.15, 0.2) is 5.69 Å². The number of amides is 1. The van der Waals surface area contributed by atoms with Gasteiger partial charge in [-0.25, -0.2) is 0 Å². The molecule has 1 aromatic carbocycles. The van der Waals surface area contributed by atoms with Crippen LogP contribution < -0.4 is 5.32 Å². The Bertz CT molecular complexity index is 652. The van der Waals surface area contributed by atoms with Crippen LogP contribution in [-0.2, 0) is 7.05 Å². The molecular weight excluding hydrogens is 286 g/mol. The molecule has 112 valence electrons. The van der Waals surface area contributed by atoms with Crippen molar-refractivity contribution in [3.63, 3.8) is 0 Å². The molecule has 2 unspecified atom stereocenters. The lowest BCUT2D eigenvalue weighted by atomic mass is 10.1. The summed E-state index contributed by atoms with van der Waals surface area (Å²) in [6.45, 7) is 0. The number of aryl methyl sites for hydroxylation is 1. The Morgan fingerprint density at radius 3 is 2.90 bits per heavy atom. The van der Waals surface area contributed by atoms with Gasteiger partial charge < -0.3 is 5.32 Å². The van der Waals surface area contributed by atoms with Crippen LogP contribution in [0.1, 0.15) is 42.6 Å². The van der Waals surface area contributed by atoms with Gasteiger partial charge in [0.1, 0.15) is 0 Å². The van der Waals surface area contributed by atoms with Crippen LogP contribution in [0.2, 0.25) is 0 Å². The summed E-state index contributed by atoms with van der Waals surface area (Å²) in [7, 11) is 1.86. The molecule has 2 atom stereocenters. The van der Waals surface area contributed by atoms with E-state index in [0.717, 1.165) is 36.6 Å². The summed E-state index contributed by atoms with van der Waals surface area (Å²) in [5, 5.41) is 8.36. The van der Waals surface area contributed by atoms with Gasteiger partial charge in [-0.15, -0.1) is 11.6 Å². The van der Waals surface area contributed by atoms with E-state index in [1.54, 1.807) is 4.68 Å². The number of aromatic nitrogens is 2. The topological polar surface area (TPSA) is 46.9 Å². The van der Waals surface area contributed by atoms with Crippen molar-refractivity contribution >= 4 is 28.4 Å². The molecule has 1 aromatic heterocycles. The first-order valence-corrected chi connectivity index (χ1v) is 7.97. The molecule has 1 saturated carbocycles. The summed E-state index contributed by atoms with van der Waals surface area (Å²) in [6.07, 6.45) is 5.38. The largest absolute Gasteiger partial charge is 0.346 e. The first-order valence-electron chi connectivity index (χ1n) is 7.53. The molecule has 3 rings (SSSR count). The van der Waals surface area contributed by atoms with Crippen molar-refractivity contribution in [2.24, 2.45) is 7.05 Å². The van der Waals surface area contributed by atoms with Crippen LogP contribution in [-0.4, -0.2) is 27.1 Å². The van der Waals surface area contributed by atoms with Crippen molar-refractivity contribution in [1.82, 2.24) is 15.1 Å². The Balaban J connectivity index is 1.83. The van der Waals surface area contributed by atoms with Crippen LogP contribution in [0.5, 0.6) is 0 Å². The van der Waals surface area contributed by atoms with Crippen LogP contribution in [0.15, 0.2) is 24.3 Å². The highest BCUT2D eigenvalue weighted by Crippen LogP contribution is 2.23. The number of alkyl halides is 1. The second kappa shape index (κ2) is 6.06. The van der Waals surface area contributed by atoms with E-state index in [1.807, 2.05) is 31.3 Å². The van der Waals surface area contributed by atoms with E-state index < -0.39 is 0 Å². The minimum Gasteiger partial charge on any atom is -0.346 e. The average Bonchev–Trinajstić information content (AvgIpc) is 2.69. The molecule has 1 amide bonds. The molecule has 4 nitrogen and oxygen atoms in total. The standard InChI is InChI=1S/C16H20ClN3O/c1-20-14-10-6-5-7-11(14)15(19-20)16(21)18-13-9-4-2-3-8-12(13)17/h5-7,10,12-13H,2-4,8-9H2,1H3,(H,18,21). The lowest BCUT2D eigenvalue weighted by molar-refractivity contribution is 0.0930. The minimum absolute atomic E-state index is 0.0198. The number of nitrogens with zero attached hydrogens (tertiary/aromatic N) is 2. The zero-order valence-corrected chi connectivity index (χ0v) is 12.9. The van der Waals surface area contributed by atoms with E-state index in [2.05, 4.69) is 10.4 Å². The number of halogens is 1. The maximum absolute atomic E-state index is 12.6. The van der Waals surface area contributed by atoms with Gasteiger partial charge >= 0.3 is 0 Å². The molecular formula is C16H20ClN3O. The number of carbonyl (C=O) groups is 1. The summed E-state index contributed by atoms with van der Waals surface area (Å²) in [6, 6.07) is 7.82. The predicted molar refractivity (Wildman–Crippen MR) is 84.7 cm³/mol. The fraction of sp³-hybridized carbons (Fsp3) is 0.500. The number of benzene rings is 1. The molecule has 5 heteroatoms. The molecule has 0 saturated heterocycles. The summed E-state index contributed by atoms with van der Waals surface area (Å²) in [5.74, 6) is -0.121. The Labute approximate surface area is 129 Å². The molecule has 0 aliphatic heterocycles. The molecule has 21 heavy (non-hydrogen) atoms. The predicted octanol–water partition coefficient (Wildman–Crippen LogP) is 3.24. The van der Waals surface area contributed by atoms with E-state index in [4.69, 9.17) is 11.6 Å². The summed E-state index contributed by atoms with van der Waals surface area (Å²) in [4.78, 5) is 12.6. The van der Waals surface area contributed by atoms with E-state index in [1.165, 1.54) is 6.42 Å². The van der Waals surface area contributed by atoms with Crippen LogP contribution in [0, 0.1) is 0 Å². The number of para-hydroxylation sites is 1. The van der Waals surface area contributed by atoms with Gasteiger partial charge in [0.25, 0.3) is 5.91 Å². The third-order valence-corrected chi connectivity index (χ3v) is 4.74. The van der Waals surface area contributed by atoms with Crippen molar-refractivity contribution in [1.29, 1.82) is 0 Å². The van der Waals surface area contributed by atoms with Gasteiger partial charge in [0, 0.05) is 18.5 Å². The van der Waals surface area contributed by atoms with Crippen molar-refractivity contribution in [3.05, 3.63) is 30.0 Å². The normalized spacial score (nSPS) is 23.0. The highest BCUT2D eigenvalue weighted by molar-refractivity contribution is 6.21. The SMILES string of the molecule is Cn1nc(C(=O)NC2CCCCCC2Cl)c2ccccc21. The van der Waals surface area contributed by atoms with Gasteiger partial charge in [-0.2, -0.15) is 5.10 Å². The Kier molecular flexibility index (Phi) is 4.15. The fourth-order valence-electron chi connectivity index (χ4n) is 3.04. The van der Waals surface area contributed by atoms with Gasteiger partial charge in [-0.3, -0.25) is 9.48 Å². The molecule has 0 spiro atoms. The van der Waals surface area contributed by atoms with Gasteiger partial charge in [0.2, 0.25) is 0 Å².